The zero-order valence-electron chi connectivity index (χ0n) is 16.3. The van der Waals surface area contributed by atoms with Crippen molar-refractivity contribution in [3.05, 3.63) is 60.2 Å². The van der Waals surface area contributed by atoms with Crippen molar-refractivity contribution >= 4 is 21.6 Å². The molecule has 0 saturated heterocycles. The molecule has 2 aromatic rings. The van der Waals surface area contributed by atoms with Crippen LogP contribution in [-0.4, -0.2) is 26.9 Å². The van der Waals surface area contributed by atoms with Gasteiger partial charge in [0.05, 0.1) is 10.6 Å². The largest absolute Gasteiger partial charge is 0.352 e. The highest BCUT2D eigenvalue weighted by molar-refractivity contribution is 7.92. The zero-order valence-corrected chi connectivity index (χ0v) is 17.1. The van der Waals surface area contributed by atoms with Gasteiger partial charge in [0.15, 0.2) is 0 Å². The molecule has 3 rings (SSSR count). The lowest BCUT2D eigenvalue weighted by Gasteiger charge is -2.28. The maximum absolute atomic E-state index is 13.4. The number of sulfonamides is 1. The van der Waals surface area contributed by atoms with Crippen LogP contribution in [0.2, 0.25) is 0 Å². The zero-order chi connectivity index (χ0) is 20.0. The minimum atomic E-state index is -3.85. The molecule has 1 aliphatic rings. The highest BCUT2D eigenvalue weighted by Crippen LogP contribution is 2.27. The average molecular weight is 401 g/mol. The van der Waals surface area contributed by atoms with Crippen LogP contribution in [0, 0.1) is 0 Å². The summed E-state index contributed by atoms with van der Waals surface area (Å²) < 4.78 is 28.0. The molecule has 0 aliphatic heterocycles. The van der Waals surface area contributed by atoms with Crippen molar-refractivity contribution in [1.29, 1.82) is 0 Å². The normalized spacial score (nSPS) is 15.2. The number of anilines is 1. The van der Waals surface area contributed by atoms with E-state index < -0.39 is 10.0 Å². The van der Waals surface area contributed by atoms with E-state index in [0.29, 0.717) is 12.1 Å². The van der Waals surface area contributed by atoms with E-state index in [1.807, 2.05) is 19.1 Å². The van der Waals surface area contributed by atoms with Gasteiger partial charge in [-0.2, -0.15) is 0 Å². The Morgan fingerprint density at radius 2 is 1.64 bits per heavy atom. The summed E-state index contributed by atoms with van der Waals surface area (Å²) in [7, 11) is -3.85. The molecule has 0 aromatic heterocycles. The van der Waals surface area contributed by atoms with Gasteiger partial charge in [0.25, 0.3) is 10.0 Å². The fraction of sp³-hybridized carbons (Fsp3) is 0.409. The number of hydrogen-bond acceptors (Lipinski definition) is 3. The smallest absolute Gasteiger partial charge is 0.264 e. The standard InChI is InChI=1S/C22H28N2O3S/c1-2-18-11-9-10-16-21(18)24(28(26,27)20-14-7-4-8-15-20)17-22(25)23-19-12-5-3-6-13-19/h4,7-11,14-16,19H,2-3,5-6,12-13,17H2,1H3,(H,23,25). The molecule has 1 N–H and O–H groups in total. The van der Waals surface area contributed by atoms with Crippen LogP contribution in [0.4, 0.5) is 5.69 Å². The van der Waals surface area contributed by atoms with Gasteiger partial charge in [-0.25, -0.2) is 8.42 Å². The van der Waals surface area contributed by atoms with Gasteiger partial charge < -0.3 is 5.32 Å². The van der Waals surface area contributed by atoms with E-state index in [2.05, 4.69) is 5.32 Å². The number of rotatable bonds is 7. The number of para-hydroxylation sites is 1. The number of hydrogen-bond donors (Lipinski definition) is 1. The summed E-state index contributed by atoms with van der Waals surface area (Å²) >= 11 is 0. The predicted molar refractivity (Wildman–Crippen MR) is 112 cm³/mol. The number of carbonyl (C=O) groups is 1. The van der Waals surface area contributed by atoms with Crippen molar-refractivity contribution in [2.75, 3.05) is 10.8 Å². The van der Waals surface area contributed by atoms with Crippen molar-refractivity contribution in [3.63, 3.8) is 0 Å². The Labute approximate surface area is 167 Å². The first kappa shape index (κ1) is 20.4. The fourth-order valence-corrected chi connectivity index (χ4v) is 5.20. The minimum Gasteiger partial charge on any atom is -0.352 e. The molecule has 28 heavy (non-hydrogen) atoms. The molecule has 0 spiro atoms. The number of amides is 1. The summed E-state index contributed by atoms with van der Waals surface area (Å²) in [5.74, 6) is -0.252. The van der Waals surface area contributed by atoms with Crippen molar-refractivity contribution in [2.24, 2.45) is 0 Å². The second-order valence-corrected chi connectivity index (χ2v) is 9.07. The highest BCUT2D eigenvalue weighted by Gasteiger charge is 2.29. The Hall–Kier alpha value is -2.34. The second-order valence-electron chi connectivity index (χ2n) is 7.21. The molecule has 6 heteroatoms. The lowest BCUT2D eigenvalue weighted by atomic mass is 9.95. The summed E-state index contributed by atoms with van der Waals surface area (Å²) in [5, 5.41) is 3.04. The predicted octanol–water partition coefficient (Wildman–Crippen LogP) is 3.89. The maximum Gasteiger partial charge on any atom is 0.264 e. The maximum atomic E-state index is 13.4. The van der Waals surface area contributed by atoms with Crippen LogP contribution in [0.25, 0.3) is 0 Å². The molecular formula is C22H28N2O3S. The van der Waals surface area contributed by atoms with Crippen molar-refractivity contribution in [2.45, 2.75) is 56.4 Å². The van der Waals surface area contributed by atoms with E-state index in [9.17, 15) is 13.2 Å². The number of benzene rings is 2. The molecule has 2 aromatic carbocycles. The quantitative estimate of drug-likeness (QED) is 0.767. The van der Waals surface area contributed by atoms with Crippen LogP contribution in [-0.2, 0) is 21.2 Å². The molecule has 1 saturated carbocycles. The molecular weight excluding hydrogens is 372 g/mol. The topological polar surface area (TPSA) is 66.5 Å². The monoisotopic (exact) mass is 400 g/mol. The number of nitrogens with one attached hydrogen (secondary N) is 1. The van der Waals surface area contributed by atoms with Crippen LogP contribution in [0.5, 0.6) is 0 Å². The Morgan fingerprint density at radius 3 is 2.32 bits per heavy atom. The number of carbonyl (C=O) groups excluding carboxylic acids is 1. The molecule has 0 unspecified atom stereocenters. The van der Waals surface area contributed by atoms with Gasteiger partial charge in [0.2, 0.25) is 5.91 Å². The second kappa shape index (κ2) is 9.24. The Bertz CT molecular complexity index is 891. The SMILES string of the molecule is CCc1ccccc1N(CC(=O)NC1CCCCC1)S(=O)(=O)c1ccccc1. The minimum absolute atomic E-state index is 0.143. The van der Waals surface area contributed by atoms with Gasteiger partial charge in [-0.15, -0.1) is 0 Å². The lowest BCUT2D eigenvalue weighted by molar-refractivity contribution is -0.120. The van der Waals surface area contributed by atoms with E-state index in [-0.39, 0.29) is 23.4 Å². The lowest BCUT2D eigenvalue weighted by Crippen LogP contribution is -2.45. The Morgan fingerprint density at radius 1 is 1.00 bits per heavy atom. The van der Waals surface area contributed by atoms with E-state index in [4.69, 9.17) is 0 Å². The number of nitrogens with zero attached hydrogens (tertiary/aromatic N) is 1. The first-order valence-electron chi connectivity index (χ1n) is 9.97. The third-order valence-corrected chi connectivity index (χ3v) is 7.00. The molecule has 5 nitrogen and oxygen atoms in total. The van der Waals surface area contributed by atoms with E-state index in [0.717, 1.165) is 31.2 Å². The fourth-order valence-electron chi connectivity index (χ4n) is 3.72. The first-order chi connectivity index (χ1) is 13.5. The molecule has 0 atom stereocenters. The van der Waals surface area contributed by atoms with Gasteiger partial charge in [-0.3, -0.25) is 9.10 Å². The van der Waals surface area contributed by atoms with E-state index >= 15 is 0 Å². The summed E-state index contributed by atoms with van der Waals surface area (Å²) in [5.41, 5.74) is 1.46. The molecule has 1 aliphatic carbocycles. The Kier molecular flexibility index (Phi) is 6.73. The summed E-state index contributed by atoms with van der Waals surface area (Å²) in [6.07, 6.45) is 6.02. The van der Waals surface area contributed by atoms with Crippen molar-refractivity contribution in [3.8, 4) is 0 Å². The van der Waals surface area contributed by atoms with Crippen LogP contribution >= 0.6 is 0 Å². The van der Waals surface area contributed by atoms with Crippen LogP contribution < -0.4 is 9.62 Å². The van der Waals surface area contributed by atoms with Crippen LogP contribution in [0.3, 0.4) is 0 Å². The molecule has 150 valence electrons. The average Bonchev–Trinajstić information content (AvgIpc) is 2.73. The molecule has 1 amide bonds. The van der Waals surface area contributed by atoms with Crippen molar-refractivity contribution in [1.82, 2.24) is 5.32 Å². The summed E-state index contributed by atoms with van der Waals surface area (Å²) in [6.45, 7) is 1.76. The third kappa shape index (κ3) is 4.73. The molecule has 0 heterocycles. The van der Waals surface area contributed by atoms with E-state index in [1.165, 1.54) is 10.7 Å². The van der Waals surface area contributed by atoms with Gasteiger partial charge in [-0.1, -0.05) is 62.6 Å². The van der Waals surface area contributed by atoms with Crippen LogP contribution in [0.1, 0.15) is 44.6 Å². The van der Waals surface area contributed by atoms with E-state index in [1.54, 1.807) is 42.5 Å². The van der Waals surface area contributed by atoms with Gasteiger partial charge in [0.1, 0.15) is 6.54 Å². The Balaban J connectivity index is 1.91. The highest BCUT2D eigenvalue weighted by atomic mass is 32.2. The molecule has 0 bridgehead atoms. The van der Waals surface area contributed by atoms with Gasteiger partial charge in [-0.05, 0) is 43.0 Å². The number of aryl methyl sites for hydroxylation is 1. The van der Waals surface area contributed by atoms with Crippen LogP contribution in [0.15, 0.2) is 59.5 Å². The summed E-state index contributed by atoms with van der Waals surface area (Å²) in [4.78, 5) is 12.9. The van der Waals surface area contributed by atoms with Gasteiger partial charge in [0, 0.05) is 6.04 Å². The first-order valence-corrected chi connectivity index (χ1v) is 11.4. The van der Waals surface area contributed by atoms with Crippen molar-refractivity contribution < 1.29 is 13.2 Å². The third-order valence-electron chi connectivity index (χ3n) is 5.23. The molecule has 0 radical (unpaired) electrons. The molecule has 1 fully saturated rings. The van der Waals surface area contributed by atoms with Gasteiger partial charge >= 0.3 is 0 Å². The summed E-state index contributed by atoms with van der Waals surface area (Å²) in [6, 6.07) is 15.8.